The minimum atomic E-state index is -3.50. The number of hydrogen-bond acceptors (Lipinski definition) is 11. The van der Waals surface area contributed by atoms with E-state index in [4.69, 9.17) is 36.8 Å². The molecule has 0 amide bonds. The Bertz CT molecular complexity index is 1520. The van der Waals surface area contributed by atoms with Crippen molar-refractivity contribution in [3.63, 3.8) is 0 Å². The van der Waals surface area contributed by atoms with E-state index in [1.54, 1.807) is 77.0 Å². The van der Waals surface area contributed by atoms with E-state index in [1.165, 1.54) is 10.9 Å². The zero-order valence-corrected chi connectivity index (χ0v) is 25.8. The Labute approximate surface area is 248 Å². The second-order valence-corrected chi connectivity index (χ2v) is 13.4. The van der Waals surface area contributed by atoms with Gasteiger partial charge in [0.2, 0.25) is 5.67 Å². The molecule has 2 N–H and O–H groups in total. The van der Waals surface area contributed by atoms with Crippen molar-refractivity contribution in [2.45, 2.75) is 63.9 Å². The number of esters is 1. The molecule has 12 nitrogen and oxygen atoms in total. The molecule has 3 heterocycles. The largest absolute Gasteiger partial charge is 0.462 e. The number of benzene rings is 1. The number of aliphatic hydroxyl groups excluding tert-OH is 1. The second kappa shape index (κ2) is 12.6. The number of anilines is 1. The lowest BCUT2D eigenvalue weighted by molar-refractivity contribution is -0.149. The molecule has 0 spiro atoms. The van der Waals surface area contributed by atoms with Crippen molar-refractivity contribution < 1.29 is 32.8 Å². The summed E-state index contributed by atoms with van der Waals surface area (Å²) < 4.78 is 40.9. The Morgan fingerprint density at radius 2 is 2.02 bits per heavy atom. The number of terminal acetylenes is 1. The van der Waals surface area contributed by atoms with Crippen LogP contribution in [0.15, 0.2) is 36.7 Å². The Kier molecular flexibility index (Phi) is 9.52. The Balaban J connectivity index is 1.61. The maximum absolute atomic E-state index is 16.3. The van der Waals surface area contributed by atoms with Crippen LogP contribution in [0.3, 0.4) is 0 Å². The third kappa shape index (κ3) is 6.57. The van der Waals surface area contributed by atoms with Gasteiger partial charge in [-0.05, 0) is 51.6 Å². The quantitative estimate of drug-likeness (QED) is 0.186. The predicted octanol–water partition coefficient (Wildman–Crippen LogP) is 3.05. The van der Waals surface area contributed by atoms with Crippen LogP contribution in [0.25, 0.3) is 11.2 Å². The van der Waals surface area contributed by atoms with Gasteiger partial charge in [0.15, 0.2) is 23.2 Å². The number of nitrogens with one attached hydrogen (secondary N) is 1. The summed E-state index contributed by atoms with van der Waals surface area (Å²) in [6, 6.07) is 7.72. The highest BCUT2D eigenvalue weighted by molar-refractivity contribution is 8.09. The van der Waals surface area contributed by atoms with Gasteiger partial charge in [-0.2, -0.15) is 0 Å². The lowest BCUT2D eigenvalue weighted by Gasteiger charge is -2.28. The summed E-state index contributed by atoms with van der Waals surface area (Å²) >= 11 is 5.72. The van der Waals surface area contributed by atoms with Crippen molar-refractivity contribution in [2.24, 2.45) is 0 Å². The summed E-state index contributed by atoms with van der Waals surface area (Å²) in [4.78, 5) is 27.4. The maximum atomic E-state index is 16.3. The highest BCUT2D eigenvalue weighted by Gasteiger charge is 2.58. The molecule has 6 atom stereocenters. The molecule has 15 heteroatoms. The van der Waals surface area contributed by atoms with Crippen LogP contribution in [0.2, 0.25) is 0 Å². The summed E-state index contributed by atoms with van der Waals surface area (Å²) in [7, 11) is 3.59. The molecule has 0 aliphatic carbocycles. The SMILES string of the molecule is C#C[C@@]1(F)[C@H](O)[C@@H](COP(=S)(N[C@@H](C)C(=O)OC(C)C)Oc2ccccc2)O[C@H]1n1cnc2c(N(C)C)nc(C)nc21. The standard InChI is InChI=1S/C27H34FN6O6PS/c1-8-27(28)22(35)20(39-26(27)34-15-29-21-23(33(6)7)30-18(5)31-24(21)34)14-37-41(42,40-19-12-10-9-11-13-19)32-17(4)25(36)38-16(2)3/h1,9-13,15-17,20,22,26,35H,14H2,2-7H3,(H,32,42)/t17-,20+,22+,26+,27+,41?/m0/s1. The average Bonchev–Trinajstić information content (AvgIpc) is 3.45. The van der Waals surface area contributed by atoms with Crippen molar-refractivity contribution in [2.75, 3.05) is 25.6 Å². The van der Waals surface area contributed by atoms with E-state index in [0.29, 0.717) is 22.9 Å². The molecule has 2 aromatic heterocycles. The third-order valence-electron chi connectivity index (χ3n) is 6.29. The van der Waals surface area contributed by atoms with E-state index in [9.17, 15) is 9.90 Å². The molecular weight excluding hydrogens is 586 g/mol. The van der Waals surface area contributed by atoms with Gasteiger partial charge in [-0.3, -0.25) is 9.36 Å². The minimum Gasteiger partial charge on any atom is -0.462 e. The highest BCUT2D eigenvalue weighted by Crippen LogP contribution is 2.48. The number of aromatic nitrogens is 4. The Hall–Kier alpha value is -3.18. The summed E-state index contributed by atoms with van der Waals surface area (Å²) in [5.74, 6) is 2.81. The van der Waals surface area contributed by atoms with Crippen LogP contribution in [0, 0.1) is 19.3 Å². The van der Waals surface area contributed by atoms with Crippen LogP contribution in [0.1, 0.15) is 32.8 Å². The second-order valence-electron chi connectivity index (χ2n) is 10.2. The zero-order valence-electron chi connectivity index (χ0n) is 24.1. The first kappa shape index (κ1) is 31.7. The fourth-order valence-corrected chi connectivity index (χ4v) is 6.72. The molecule has 0 radical (unpaired) electrons. The van der Waals surface area contributed by atoms with Crippen LogP contribution in [-0.4, -0.2) is 81.3 Å². The molecular formula is C27H34FN6O6PS. The molecule has 1 aliphatic rings. The molecule has 3 aromatic rings. The lowest BCUT2D eigenvalue weighted by Crippen LogP contribution is -2.42. The number of hydrogen-bond donors (Lipinski definition) is 2. The van der Waals surface area contributed by atoms with E-state index in [-0.39, 0.29) is 11.8 Å². The van der Waals surface area contributed by atoms with Crippen LogP contribution < -0.4 is 14.5 Å². The van der Waals surface area contributed by atoms with Crippen molar-refractivity contribution in [1.82, 2.24) is 24.6 Å². The summed E-state index contributed by atoms with van der Waals surface area (Å²) in [5, 5.41) is 14.0. The smallest absolute Gasteiger partial charge is 0.323 e. The van der Waals surface area contributed by atoms with Gasteiger partial charge in [0.1, 0.15) is 29.8 Å². The molecule has 1 unspecified atom stereocenters. The first-order valence-electron chi connectivity index (χ1n) is 13.1. The molecule has 1 saturated heterocycles. The number of para-hydroxylation sites is 1. The lowest BCUT2D eigenvalue weighted by atomic mass is 9.97. The van der Waals surface area contributed by atoms with E-state index in [0.717, 1.165) is 0 Å². The molecule has 226 valence electrons. The number of fused-ring (bicyclic) bond motifs is 1. The minimum absolute atomic E-state index is 0.277. The molecule has 1 aromatic carbocycles. The normalized spacial score (nSPS) is 24.2. The average molecular weight is 621 g/mol. The molecule has 1 fully saturated rings. The molecule has 0 saturated carbocycles. The van der Waals surface area contributed by atoms with E-state index in [1.807, 2.05) is 0 Å². The van der Waals surface area contributed by atoms with Gasteiger partial charge < -0.3 is 28.5 Å². The van der Waals surface area contributed by atoms with Crippen LogP contribution >= 0.6 is 6.64 Å². The number of imidazole rings is 1. The first-order chi connectivity index (χ1) is 19.8. The number of carbonyl (C=O) groups is 1. The van der Waals surface area contributed by atoms with Gasteiger partial charge in [-0.1, -0.05) is 24.1 Å². The summed E-state index contributed by atoms with van der Waals surface area (Å²) in [6.45, 7) is 2.78. The summed E-state index contributed by atoms with van der Waals surface area (Å²) in [6.07, 6.45) is 2.01. The Morgan fingerprint density at radius 3 is 2.64 bits per heavy atom. The van der Waals surface area contributed by atoms with E-state index < -0.39 is 49.4 Å². The number of aliphatic hydroxyl groups is 1. The number of rotatable bonds is 11. The number of halogens is 1. The van der Waals surface area contributed by atoms with Crippen molar-refractivity contribution in [1.29, 1.82) is 0 Å². The monoisotopic (exact) mass is 620 g/mol. The van der Waals surface area contributed by atoms with Gasteiger partial charge >= 0.3 is 12.6 Å². The molecule has 1 aliphatic heterocycles. The predicted molar refractivity (Wildman–Crippen MR) is 158 cm³/mol. The number of ether oxygens (including phenoxy) is 2. The van der Waals surface area contributed by atoms with Crippen LogP contribution in [0.5, 0.6) is 5.75 Å². The van der Waals surface area contributed by atoms with E-state index >= 15 is 4.39 Å². The third-order valence-corrected chi connectivity index (χ3v) is 8.79. The molecule has 42 heavy (non-hydrogen) atoms. The van der Waals surface area contributed by atoms with Gasteiger partial charge in [-0.25, -0.2) is 24.4 Å². The highest BCUT2D eigenvalue weighted by atomic mass is 32.5. The zero-order chi connectivity index (χ0) is 30.8. The first-order valence-corrected chi connectivity index (χ1v) is 15.8. The van der Waals surface area contributed by atoms with Crippen molar-refractivity contribution >= 4 is 41.4 Å². The van der Waals surface area contributed by atoms with E-state index in [2.05, 4.69) is 26.0 Å². The molecule has 4 rings (SSSR count). The number of alkyl halides is 1. The van der Waals surface area contributed by atoms with Gasteiger partial charge in [0.05, 0.1) is 19.0 Å². The van der Waals surface area contributed by atoms with Gasteiger partial charge in [-0.15, -0.1) is 6.42 Å². The van der Waals surface area contributed by atoms with Crippen LogP contribution in [-0.2, 0) is 30.6 Å². The number of aryl methyl sites for hydroxylation is 1. The topological polar surface area (TPSA) is 133 Å². The van der Waals surface area contributed by atoms with Crippen molar-refractivity contribution in [3.05, 3.63) is 42.5 Å². The number of nitrogens with zero attached hydrogens (tertiary/aromatic N) is 5. The molecule has 0 bridgehead atoms. The summed E-state index contributed by atoms with van der Waals surface area (Å²) in [5.41, 5.74) is -2.00. The Morgan fingerprint density at radius 1 is 1.33 bits per heavy atom. The van der Waals surface area contributed by atoms with Crippen molar-refractivity contribution in [3.8, 4) is 18.1 Å². The fraction of sp³-hybridized carbons (Fsp3) is 0.481. The van der Waals surface area contributed by atoms with Gasteiger partial charge in [0.25, 0.3) is 0 Å². The number of carbonyl (C=O) groups excluding carboxylic acids is 1. The van der Waals surface area contributed by atoms with Crippen LogP contribution in [0.4, 0.5) is 10.2 Å². The fourth-order valence-electron chi connectivity index (χ4n) is 4.31. The van der Waals surface area contributed by atoms with Gasteiger partial charge in [0, 0.05) is 14.1 Å². The maximum Gasteiger partial charge on any atom is 0.323 e.